The Hall–Kier alpha value is -0.905. The van der Waals surface area contributed by atoms with Crippen LogP contribution < -0.4 is 20.9 Å². The van der Waals surface area contributed by atoms with Gasteiger partial charge in [0.05, 0.1) is 13.2 Å². The quantitative estimate of drug-likeness (QED) is 0.0531. The first kappa shape index (κ1) is 50.2. The molecule has 0 aliphatic carbocycles. The first-order valence-corrected chi connectivity index (χ1v) is 42.9. The molecule has 0 radical (unpaired) electrons. The lowest BCUT2D eigenvalue weighted by atomic mass is 10.3. The van der Waals surface area contributed by atoms with Crippen molar-refractivity contribution >= 4 is 79.4 Å². The zero-order chi connectivity index (χ0) is 42.0. The summed E-state index contributed by atoms with van der Waals surface area (Å²) in [6.45, 7) is 35.6. The highest BCUT2D eigenvalue weighted by atomic mass is 28.5. The predicted octanol–water partition coefficient (Wildman–Crippen LogP) is 10.6. The molecule has 0 amide bonds. The zero-order valence-electron chi connectivity index (χ0n) is 37.1. The number of ether oxygens (including phenoxy) is 2. The van der Waals surface area contributed by atoms with Gasteiger partial charge in [0.15, 0.2) is 16.6 Å². The number of hydrogen-bond acceptors (Lipinski definition) is 11. The van der Waals surface area contributed by atoms with Crippen molar-refractivity contribution < 1.29 is 38.3 Å². The third-order valence-corrected chi connectivity index (χ3v) is 38.8. The normalized spacial score (nSPS) is 14.0. The van der Waals surface area contributed by atoms with Crippen molar-refractivity contribution in [2.75, 3.05) is 24.7 Å². The van der Waals surface area contributed by atoms with Gasteiger partial charge in [-0.05, 0) is 154 Å². The molecule has 11 nitrogen and oxygen atoms in total. The van der Waals surface area contributed by atoms with E-state index >= 15 is 0 Å². The minimum Gasteiger partial charge on any atom is -0.494 e. The molecule has 2 rings (SSSR count). The third-order valence-electron chi connectivity index (χ3n) is 7.96. The van der Waals surface area contributed by atoms with Gasteiger partial charge in [0, 0.05) is 23.5 Å². The molecule has 316 valence electrons. The van der Waals surface area contributed by atoms with Gasteiger partial charge < -0.3 is 49.7 Å². The number of rotatable bonds is 26. The van der Waals surface area contributed by atoms with E-state index < -0.39 is 68.0 Å². The van der Waals surface area contributed by atoms with Gasteiger partial charge in [0.1, 0.15) is 11.5 Å². The van der Waals surface area contributed by atoms with Crippen LogP contribution in [0.15, 0.2) is 48.5 Å². The maximum absolute atomic E-state index is 7.22. The number of hydrogen-bond donors (Lipinski definition) is 2. The van der Waals surface area contributed by atoms with Gasteiger partial charge in [0.25, 0.3) is 0 Å². The number of benzene rings is 2. The number of anilines is 2. The molecule has 4 N–H and O–H groups in total. The lowest BCUT2D eigenvalue weighted by Gasteiger charge is -2.44. The van der Waals surface area contributed by atoms with E-state index in [-0.39, 0.29) is 0 Å². The Balaban J connectivity index is 2.06. The molecule has 0 aliphatic rings. The van der Waals surface area contributed by atoms with E-state index in [0.717, 1.165) is 49.3 Å². The smallest absolute Gasteiger partial charge is 0.314 e. The molecular weight excluding hydrogens is 829 g/mol. The molecule has 0 spiro atoms. The second-order valence-electron chi connectivity index (χ2n) is 18.4. The topological polar surface area (TPSA) is 135 Å². The Morgan fingerprint density at radius 3 is 1.02 bits per heavy atom. The highest BCUT2D eigenvalue weighted by molar-refractivity contribution is 6.92. The highest BCUT2D eigenvalue weighted by Crippen LogP contribution is 2.32. The summed E-state index contributed by atoms with van der Waals surface area (Å²) in [6.07, 6.45) is 3.88. The van der Waals surface area contributed by atoms with Crippen molar-refractivity contribution in [2.45, 2.75) is 143 Å². The maximum Gasteiger partial charge on any atom is 0.314 e. The second-order valence-corrected chi connectivity index (χ2v) is 49.1. The van der Waals surface area contributed by atoms with E-state index in [2.05, 4.69) is 105 Å². The van der Waals surface area contributed by atoms with Gasteiger partial charge in [-0.1, -0.05) is 25.0 Å². The van der Waals surface area contributed by atoms with E-state index in [1.807, 2.05) is 48.5 Å². The Kier molecular flexibility index (Phi) is 18.6. The number of nitrogens with two attached hydrogens (primary N) is 2. The van der Waals surface area contributed by atoms with E-state index in [0.29, 0.717) is 24.6 Å². The Morgan fingerprint density at radius 2 is 0.709 bits per heavy atom. The Morgan fingerprint density at radius 1 is 0.400 bits per heavy atom. The predicted molar refractivity (Wildman–Crippen MR) is 248 cm³/mol. The van der Waals surface area contributed by atoms with E-state index in [9.17, 15) is 0 Å². The van der Waals surface area contributed by atoms with Gasteiger partial charge >= 0.3 is 51.4 Å². The summed E-state index contributed by atoms with van der Waals surface area (Å²) in [5.41, 5.74) is 13.3. The van der Waals surface area contributed by atoms with Gasteiger partial charge in [-0.2, -0.15) is 0 Å². The highest BCUT2D eigenvalue weighted by Gasteiger charge is 2.49. The minimum atomic E-state index is -2.70. The molecule has 0 unspecified atom stereocenters. The second kappa shape index (κ2) is 20.4. The van der Waals surface area contributed by atoms with Gasteiger partial charge in [-0.25, -0.2) is 0 Å². The van der Waals surface area contributed by atoms with Crippen LogP contribution in [-0.4, -0.2) is 81.2 Å². The summed E-state index contributed by atoms with van der Waals surface area (Å²) in [5.74, 6) is 1.60. The van der Waals surface area contributed by atoms with E-state index in [1.165, 1.54) is 0 Å². The van der Waals surface area contributed by atoms with Crippen LogP contribution in [0.1, 0.15) is 25.7 Å². The van der Waals surface area contributed by atoms with Crippen LogP contribution in [0.3, 0.4) is 0 Å². The summed E-state index contributed by atoms with van der Waals surface area (Å²) in [4.78, 5) is 0. The fourth-order valence-electron chi connectivity index (χ4n) is 7.43. The van der Waals surface area contributed by atoms with Crippen LogP contribution >= 0.6 is 0 Å². The molecule has 55 heavy (non-hydrogen) atoms. The molecule has 0 bridgehead atoms. The van der Waals surface area contributed by atoms with Crippen molar-refractivity contribution in [2.24, 2.45) is 0 Å². The zero-order valence-corrected chi connectivity index (χ0v) is 45.1. The Bertz CT molecular complexity index is 1420. The third kappa shape index (κ3) is 22.2. The maximum atomic E-state index is 7.22. The standard InChI is InChI=1S/C36H76N2O9Si8/c1-48(2,3)41-49(4,5)42-50(6,7)43-51(8,9)44-52(10,11)45-53(12,13)46-54(14,15)47-55(16,29-19-17-27-39-35-25-21-23-33(37)31-35)30-20-18-28-40-36-26-22-24-34(38)32-36/h21-26,31-32H,17-20,27-30,37-38H2,1-16H3. The summed E-state index contributed by atoms with van der Waals surface area (Å²) in [6, 6.07) is 17.2. The molecule has 0 saturated heterocycles. The molecule has 2 aromatic carbocycles. The Labute approximate surface area is 343 Å². The largest absolute Gasteiger partial charge is 0.494 e. The first-order valence-electron chi connectivity index (χ1n) is 19.8. The fourth-order valence-corrected chi connectivity index (χ4v) is 48.1. The molecular formula is C36H76N2O9Si8. The lowest BCUT2D eigenvalue weighted by Crippen LogP contribution is -2.61. The van der Waals surface area contributed by atoms with Crippen LogP contribution in [0, 0.1) is 0 Å². The molecule has 0 saturated carbocycles. The van der Waals surface area contributed by atoms with Gasteiger partial charge in [0.2, 0.25) is 0 Å². The average Bonchev–Trinajstić information content (AvgIpc) is 2.92. The van der Waals surface area contributed by atoms with Crippen molar-refractivity contribution in [3.05, 3.63) is 48.5 Å². The minimum absolute atomic E-state index is 0.633. The summed E-state index contributed by atoms with van der Waals surface area (Å²) < 4.78 is 59.8. The van der Waals surface area contributed by atoms with E-state index in [1.54, 1.807) is 0 Å². The average molecular weight is 906 g/mol. The van der Waals surface area contributed by atoms with Crippen molar-refractivity contribution in [1.29, 1.82) is 0 Å². The number of unbranched alkanes of at least 4 members (excludes halogenated alkanes) is 2. The van der Waals surface area contributed by atoms with Crippen LogP contribution in [0.4, 0.5) is 11.4 Å². The van der Waals surface area contributed by atoms with Crippen molar-refractivity contribution in [3.8, 4) is 11.5 Å². The first-order chi connectivity index (χ1) is 24.9. The van der Waals surface area contributed by atoms with Crippen LogP contribution in [0.2, 0.25) is 117 Å². The summed E-state index contributed by atoms with van der Waals surface area (Å²) in [5, 5.41) is 0. The summed E-state index contributed by atoms with van der Waals surface area (Å²) >= 11 is 0. The molecule has 0 atom stereocenters. The van der Waals surface area contributed by atoms with Gasteiger partial charge in [-0.3, -0.25) is 0 Å². The number of nitrogen functional groups attached to an aromatic ring is 2. The van der Waals surface area contributed by atoms with Crippen LogP contribution in [0.5, 0.6) is 11.5 Å². The molecule has 19 heteroatoms. The SMILES string of the molecule is C[Si](C)(C)O[Si](C)(C)O[Si](C)(C)O[Si](C)(C)O[Si](C)(C)O[Si](C)(C)O[Si](C)(C)O[Si](C)(CCCCOc1cccc(N)c1)CCCCOc1cccc(N)c1. The fraction of sp³-hybridized carbons (Fsp3) is 0.667. The monoisotopic (exact) mass is 904 g/mol. The molecule has 0 fully saturated rings. The van der Waals surface area contributed by atoms with Crippen LogP contribution in [0.25, 0.3) is 0 Å². The van der Waals surface area contributed by atoms with Crippen LogP contribution in [-0.2, 0) is 28.8 Å². The van der Waals surface area contributed by atoms with E-state index in [4.69, 9.17) is 49.7 Å². The van der Waals surface area contributed by atoms with Crippen molar-refractivity contribution in [1.82, 2.24) is 0 Å². The molecule has 0 aromatic heterocycles. The lowest BCUT2D eigenvalue weighted by molar-refractivity contribution is 0.264. The molecule has 0 heterocycles. The van der Waals surface area contributed by atoms with Crippen molar-refractivity contribution in [3.63, 3.8) is 0 Å². The molecule has 0 aliphatic heterocycles. The molecule has 2 aromatic rings. The van der Waals surface area contributed by atoms with Gasteiger partial charge in [-0.15, -0.1) is 0 Å². The summed E-state index contributed by atoms with van der Waals surface area (Å²) in [7, 11) is -19.6.